The van der Waals surface area contributed by atoms with Crippen LogP contribution in [0.4, 0.5) is 4.79 Å². The number of hydrogen-bond acceptors (Lipinski definition) is 6. The first kappa shape index (κ1) is 21.6. The van der Waals surface area contributed by atoms with Crippen molar-refractivity contribution < 1.29 is 14.1 Å². The quantitative estimate of drug-likeness (QED) is 0.526. The number of halogens is 1. The van der Waals surface area contributed by atoms with E-state index in [0.29, 0.717) is 23.9 Å². The monoisotopic (exact) mass is 429 g/mol. The number of nitrogens with one attached hydrogen (secondary N) is 1. The van der Waals surface area contributed by atoms with Crippen molar-refractivity contribution in [3.63, 3.8) is 0 Å². The zero-order valence-corrected chi connectivity index (χ0v) is 17.1. The fourth-order valence-electron chi connectivity index (χ4n) is 3.34. The molecule has 9 heteroatoms. The third kappa shape index (κ3) is 4.90. The summed E-state index contributed by atoms with van der Waals surface area (Å²) in [5.41, 5.74) is 12.0. The van der Waals surface area contributed by atoms with Gasteiger partial charge in [0.2, 0.25) is 5.89 Å². The number of urea groups is 1. The van der Waals surface area contributed by atoms with E-state index in [1.54, 1.807) is 0 Å². The number of nitrogens with two attached hydrogens (primary N) is 2. The molecule has 30 heavy (non-hydrogen) atoms. The van der Waals surface area contributed by atoms with E-state index in [1.807, 2.05) is 54.6 Å². The van der Waals surface area contributed by atoms with Gasteiger partial charge in [-0.15, -0.1) is 12.4 Å². The molecule has 0 radical (unpaired) electrons. The van der Waals surface area contributed by atoms with E-state index < -0.39 is 17.6 Å². The van der Waals surface area contributed by atoms with E-state index in [0.717, 1.165) is 30.6 Å². The number of carbonyl (C=O) groups excluding carboxylic acids is 1. The van der Waals surface area contributed by atoms with E-state index in [-0.39, 0.29) is 12.4 Å². The number of benzene rings is 2. The van der Waals surface area contributed by atoms with Gasteiger partial charge < -0.3 is 26.0 Å². The molecular weight excluding hydrogens is 406 g/mol. The molecule has 158 valence electrons. The topological polar surface area (TPSA) is 129 Å². The van der Waals surface area contributed by atoms with Crippen LogP contribution in [0, 0.1) is 0 Å². The fourth-order valence-corrected chi connectivity index (χ4v) is 3.34. The SMILES string of the molecule is Cl.NC(=O)NC(Cc1nc(C2(N)CCC2)no1)c1cccc(Oc2ccccc2)c1. The first-order valence-electron chi connectivity index (χ1n) is 9.53. The van der Waals surface area contributed by atoms with E-state index in [2.05, 4.69) is 15.5 Å². The Morgan fingerprint density at radius 3 is 2.57 bits per heavy atom. The van der Waals surface area contributed by atoms with Crippen LogP contribution in [0.2, 0.25) is 0 Å². The van der Waals surface area contributed by atoms with Crippen molar-refractivity contribution >= 4 is 18.4 Å². The molecule has 5 N–H and O–H groups in total. The number of carbonyl (C=O) groups is 1. The van der Waals surface area contributed by atoms with Gasteiger partial charge in [0.05, 0.1) is 18.0 Å². The molecule has 1 saturated carbocycles. The normalized spacial score (nSPS) is 15.4. The lowest BCUT2D eigenvalue weighted by Crippen LogP contribution is -2.44. The van der Waals surface area contributed by atoms with Gasteiger partial charge >= 0.3 is 6.03 Å². The summed E-state index contributed by atoms with van der Waals surface area (Å²) in [6.07, 6.45) is 3.03. The number of primary amides is 1. The summed E-state index contributed by atoms with van der Waals surface area (Å²) < 4.78 is 11.3. The average molecular weight is 430 g/mol. The minimum Gasteiger partial charge on any atom is -0.457 e. The highest BCUT2D eigenvalue weighted by Gasteiger charge is 2.39. The van der Waals surface area contributed by atoms with E-state index >= 15 is 0 Å². The summed E-state index contributed by atoms with van der Waals surface area (Å²) in [6, 6.07) is 15.8. The number of ether oxygens (including phenoxy) is 1. The summed E-state index contributed by atoms with van der Waals surface area (Å²) >= 11 is 0. The Hall–Kier alpha value is -3.10. The van der Waals surface area contributed by atoms with Crippen LogP contribution in [-0.4, -0.2) is 16.2 Å². The second-order valence-electron chi connectivity index (χ2n) is 7.27. The molecular formula is C21H24ClN5O3. The summed E-state index contributed by atoms with van der Waals surface area (Å²) in [7, 11) is 0. The highest BCUT2D eigenvalue weighted by atomic mass is 35.5. The third-order valence-electron chi connectivity index (χ3n) is 5.09. The van der Waals surface area contributed by atoms with Gasteiger partial charge in [-0.1, -0.05) is 35.5 Å². The van der Waals surface area contributed by atoms with E-state index in [4.69, 9.17) is 20.7 Å². The summed E-state index contributed by atoms with van der Waals surface area (Å²) in [4.78, 5) is 16.0. The predicted octanol–water partition coefficient (Wildman–Crippen LogP) is 3.57. The summed E-state index contributed by atoms with van der Waals surface area (Å²) in [6.45, 7) is 0. The van der Waals surface area contributed by atoms with Gasteiger partial charge in [0, 0.05) is 0 Å². The molecule has 4 rings (SSSR count). The zero-order chi connectivity index (χ0) is 20.3. The van der Waals surface area contributed by atoms with Crippen LogP contribution < -0.4 is 21.5 Å². The van der Waals surface area contributed by atoms with Crippen molar-refractivity contribution in [1.82, 2.24) is 15.5 Å². The maximum Gasteiger partial charge on any atom is 0.312 e. The maximum absolute atomic E-state index is 11.6. The van der Waals surface area contributed by atoms with Crippen LogP contribution in [0.25, 0.3) is 0 Å². The van der Waals surface area contributed by atoms with Gasteiger partial charge in [-0.25, -0.2) is 4.79 Å². The minimum absolute atomic E-state index is 0. The maximum atomic E-state index is 11.6. The first-order valence-corrected chi connectivity index (χ1v) is 9.53. The van der Waals surface area contributed by atoms with E-state index in [9.17, 15) is 4.79 Å². The van der Waals surface area contributed by atoms with Crippen molar-refractivity contribution in [2.24, 2.45) is 11.5 Å². The molecule has 2 aromatic carbocycles. The molecule has 1 atom stereocenters. The van der Waals surface area contributed by atoms with Crippen LogP contribution in [0.1, 0.15) is 42.6 Å². The van der Waals surface area contributed by atoms with Gasteiger partial charge in [0.1, 0.15) is 11.5 Å². The standard InChI is InChI=1S/C21H23N5O3.ClH/c22-20(27)24-17(13-18-25-19(26-29-18)21(23)10-5-11-21)14-6-4-9-16(12-14)28-15-7-2-1-3-8-15;/h1-4,6-9,12,17H,5,10-11,13,23H2,(H3,22,24,27);1H. The molecule has 3 aromatic rings. The van der Waals surface area contributed by atoms with Gasteiger partial charge in [0.25, 0.3) is 0 Å². The van der Waals surface area contributed by atoms with Gasteiger partial charge in [-0.05, 0) is 49.1 Å². The Bertz CT molecular complexity index is 991. The van der Waals surface area contributed by atoms with Crippen molar-refractivity contribution in [3.05, 3.63) is 71.9 Å². The summed E-state index contributed by atoms with van der Waals surface area (Å²) in [5.74, 6) is 2.27. The molecule has 0 bridgehead atoms. The molecule has 0 saturated heterocycles. The summed E-state index contributed by atoms with van der Waals surface area (Å²) in [5, 5.41) is 6.77. The lowest BCUT2D eigenvalue weighted by Gasteiger charge is -2.34. The Kier molecular flexibility index (Phi) is 6.59. The fraction of sp³-hybridized carbons (Fsp3) is 0.286. The molecule has 8 nitrogen and oxygen atoms in total. The molecule has 1 aliphatic carbocycles. The van der Waals surface area contributed by atoms with Gasteiger partial charge in [0.15, 0.2) is 5.82 Å². The van der Waals surface area contributed by atoms with Crippen LogP contribution >= 0.6 is 12.4 Å². The number of para-hydroxylation sites is 1. The lowest BCUT2D eigenvalue weighted by atomic mass is 9.77. The van der Waals surface area contributed by atoms with Crippen LogP contribution in [0.3, 0.4) is 0 Å². The third-order valence-corrected chi connectivity index (χ3v) is 5.09. The number of rotatable bonds is 7. The second-order valence-corrected chi connectivity index (χ2v) is 7.27. The molecule has 1 aromatic heterocycles. The van der Waals surface area contributed by atoms with Gasteiger partial charge in [-0.3, -0.25) is 0 Å². The smallest absolute Gasteiger partial charge is 0.312 e. The van der Waals surface area contributed by atoms with Crippen molar-refractivity contribution in [3.8, 4) is 11.5 Å². The molecule has 1 fully saturated rings. The highest BCUT2D eigenvalue weighted by molar-refractivity contribution is 5.85. The number of aromatic nitrogens is 2. The molecule has 0 spiro atoms. The number of nitrogens with zero attached hydrogens (tertiary/aromatic N) is 2. The lowest BCUT2D eigenvalue weighted by molar-refractivity contribution is 0.228. The number of amides is 2. The number of hydrogen-bond donors (Lipinski definition) is 3. The first-order chi connectivity index (χ1) is 14.0. The molecule has 1 unspecified atom stereocenters. The van der Waals surface area contributed by atoms with Crippen molar-refractivity contribution in [2.75, 3.05) is 0 Å². The van der Waals surface area contributed by atoms with Gasteiger partial charge in [-0.2, -0.15) is 4.98 Å². The second kappa shape index (κ2) is 9.15. The Balaban J connectivity index is 0.00000256. The highest BCUT2D eigenvalue weighted by Crippen LogP contribution is 2.37. The molecule has 1 aliphatic rings. The van der Waals surface area contributed by atoms with Crippen molar-refractivity contribution in [2.45, 2.75) is 37.3 Å². The van der Waals surface area contributed by atoms with Crippen molar-refractivity contribution in [1.29, 1.82) is 0 Å². The molecule has 1 heterocycles. The molecule has 0 aliphatic heterocycles. The van der Waals surface area contributed by atoms with E-state index in [1.165, 1.54) is 0 Å². The Morgan fingerprint density at radius 2 is 1.90 bits per heavy atom. The van der Waals surface area contributed by atoms with Crippen LogP contribution in [0.15, 0.2) is 59.1 Å². The Labute approximate surface area is 180 Å². The van der Waals surface area contributed by atoms with Crippen LogP contribution in [0.5, 0.6) is 11.5 Å². The zero-order valence-electron chi connectivity index (χ0n) is 16.3. The Morgan fingerprint density at radius 1 is 1.17 bits per heavy atom. The largest absolute Gasteiger partial charge is 0.457 e. The minimum atomic E-state index is -0.640. The molecule has 2 amide bonds. The average Bonchev–Trinajstić information content (AvgIpc) is 3.15. The predicted molar refractivity (Wildman–Crippen MR) is 113 cm³/mol. The van der Waals surface area contributed by atoms with Crippen LogP contribution in [-0.2, 0) is 12.0 Å².